The molecule has 0 bridgehead atoms. The van der Waals surface area contributed by atoms with Gasteiger partial charge in [0.05, 0.1) is 12.7 Å². The van der Waals surface area contributed by atoms with Crippen LogP contribution in [-0.2, 0) is 19.1 Å². The van der Waals surface area contributed by atoms with Crippen molar-refractivity contribution in [1.29, 1.82) is 0 Å². The zero-order valence-electron chi connectivity index (χ0n) is 29.3. The zero-order chi connectivity index (χ0) is 33.9. The van der Waals surface area contributed by atoms with Gasteiger partial charge in [0, 0.05) is 12.8 Å². The lowest BCUT2D eigenvalue weighted by molar-refractivity contribution is -0.161. The molecule has 0 saturated carbocycles. The van der Waals surface area contributed by atoms with Crippen LogP contribution in [-0.4, -0.2) is 47.6 Å². The van der Waals surface area contributed by atoms with Crippen LogP contribution in [0.3, 0.4) is 0 Å². The lowest BCUT2D eigenvalue weighted by Gasteiger charge is -2.16. The third kappa shape index (κ3) is 31.3. The SMILES string of the molecule is CC/C=C\C/C=C\C/C=C\C/C=C\C/C=C\C=C/C(O)CCC(=O)O[C@@H](CO)COC(=O)CCCCCCCCCCC(C)CC. The smallest absolute Gasteiger partial charge is 0.306 e. The van der Waals surface area contributed by atoms with Crippen molar-refractivity contribution in [2.75, 3.05) is 13.2 Å². The number of rotatable bonds is 30. The van der Waals surface area contributed by atoms with Crippen molar-refractivity contribution in [3.05, 3.63) is 72.9 Å². The van der Waals surface area contributed by atoms with Gasteiger partial charge in [-0.05, 0) is 50.9 Å². The fourth-order valence-corrected chi connectivity index (χ4v) is 4.52. The summed E-state index contributed by atoms with van der Waals surface area (Å²) in [5, 5.41) is 19.6. The van der Waals surface area contributed by atoms with Crippen molar-refractivity contribution in [3.63, 3.8) is 0 Å². The minimum absolute atomic E-state index is 0.000514. The highest BCUT2D eigenvalue weighted by molar-refractivity contribution is 5.70. The highest BCUT2D eigenvalue weighted by Crippen LogP contribution is 2.15. The molecule has 0 aliphatic rings. The van der Waals surface area contributed by atoms with Crippen molar-refractivity contribution in [1.82, 2.24) is 0 Å². The molecule has 2 unspecified atom stereocenters. The number of carbonyl (C=O) groups excluding carboxylic acids is 2. The first-order valence-electron chi connectivity index (χ1n) is 18.0. The van der Waals surface area contributed by atoms with Gasteiger partial charge in [0.15, 0.2) is 6.10 Å². The Morgan fingerprint density at radius 2 is 1.20 bits per heavy atom. The lowest BCUT2D eigenvalue weighted by Crippen LogP contribution is -2.28. The Bertz CT molecular complexity index is 897. The van der Waals surface area contributed by atoms with Crippen LogP contribution in [0.2, 0.25) is 0 Å². The molecule has 0 aromatic heterocycles. The van der Waals surface area contributed by atoms with E-state index < -0.39 is 24.8 Å². The first-order valence-corrected chi connectivity index (χ1v) is 18.0. The zero-order valence-corrected chi connectivity index (χ0v) is 29.3. The number of hydrogen-bond acceptors (Lipinski definition) is 6. The Morgan fingerprint density at radius 3 is 1.76 bits per heavy atom. The second-order valence-electron chi connectivity index (χ2n) is 12.0. The van der Waals surface area contributed by atoms with Crippen LogP contribution < -0.4 is 0 Å². The number of unbranched alkanes of at least 4 members (excludes halogenated alkanes) is 7. The predicted molar refractivity (Wildman–Crippen MR) is 192 cm³/mol. The minimum Gasteiger partial charge on any atom is -0.462 e. The van der Waals surface area contributed by atoms with Gasteiger partial charge in [-0.25, -0.2) is 0 Å². The molecule has 0 heterocycles. The van der Waals surface area contributed by atoms with Gasteiger partial charge in [-0.3, -0.25) is 9.59 Å². The van der Waals surface area contributed by atoms with Crippen LogP contribution in [0.25, 0.3) is 0 Å². The van der Waals surface area contributed by atoms with Gasteiger partial charge in [-0.1, -0.05) is 151 Å². The van der Waals surface area contributed by atoms with Crippen molar-refractivity contribution >= 4 is 11.9 Å². The highest BCUT2D eigenvalue weighted by Gasteiger charge is 2.17. The first-order chi connectivity index (χ1) is 22.4. The second-order valence-corrected chi connectivity index (χ2v) is 12.0. The second kappa shape index (κ2) is 33.7. The average Bonchev–Trinajstić information content (AvgIpc) is 3.06. The summed E-state index contributed by atoms with van der Waals surface area (Å²) >= 11 is 0. The number of hydrogen-bond donors (Lipinski definition) is 2. The molecule has 262 valence electrons. The molecule has 3 atom stereocenters. The van der Waals surface area contributed by atoms with Gasteiger partial charge < -0.3 is 19.7 Å². The van der Waals surface area contributed by atoms with E-state index in [1.54, 1.807) is 12.2 Å². The Balaban J connectivity index is 3.89. The maximum absolute atomic E-state index is 12.1. The Hall–Kier alpha value is -2.70. The Labute approximate surface area is 281 Å². The van der Waals surface area contributed by atoms with Crippen LogP contribution in [0, 0.1) is 5.92 Å². The molecule has 0 saturated heterocycles. The highest BCUT2D eigenvalue weighted by atomic mass is 16.6. The molecule has 0 aliphatic carbocycles. The molecule has 0 fully saturated rings. The van der Waals surface area contributed by atoms with Gasteiger partial charge in [0.2, 0.25) is 0 Å². The Morgan fingerprint density at radius 1 is 0.652 bits per heavy atom. The van der Waals surface area contributed by atoms with E-state index in [0.29, 0.717) is 6.42 Å². The van der Waals surface area contributed by atoms with Crippen LogP contribution in [0.4, 0.5) is 0 Å². The van der Waals surface area contributed by atoms with Gasteiger partial charge in [-0.15, -0.1) is 0 Å². The summed E-state index contributed by atoms with van der Waals surface area (Å²) in [4.78, 5) is 24.2. The van der Waals surface area contributed by atoms with Crippen LogP contribution in [0.5, 0.6) is 0 Å². The number of allylic oxidation sites excluding steroid dienone is 11. The van der Waals surface area contributed by atoms with E-state index in [0.717, 1.165) is 57.3 Å². The molecule has 0 amide bonds. The molecule has 0 rings (SSSR count). The van der Waals surface area contributed by atoms with Crippen LogP contribution in [0.15, 0.2) is 72.9 Å². The molecule has 0 spiro atoms. The largest absolute Gasteiger partial charge is 0.462 e. The fourth-order valence-electron chi connectivity index (χ4n) is 4.52. The minimum atomic E-state index is -0.897. The van der Waals surface area contributed by atoms with E-state index in [9.17, 15) is 19.8 Å². The van der Waals surface area contributed by atoms with Gasteiger partial charge in [0.25, 0.3) is 0 Å². The number of esters is 2. The summed E-state index contributed by atoms with van der Waals surface area (Å²) in [6.07, 6.45) is 40.0. The van der Waals surface area contributed by atoms with Gasteiger partial charge in [-0.2, -0.15) is 0 Å². The van der Waals surface area contributed by atoms with Gasteiger partial charge >= 0.3 is 11.9 Å². The molecule has 6 heteroatoms. The molecule has 0 aromatic rings. The van der Waals surface area contributed by atoms with E-state index >= 15 is 0 Å². The first kappa shape index (κ1) is 43.3. The van der Waals surface area contributed by atoms with E-state index in [-0.39, 0.29) is 25.4 Å². The molecule has 0 radical (unpaired) electrons. The number of aliphatic hydroxyl groups is 2. The van der Waals surface area contributed by atoms with Crippen molar-refractivity contribution in [2.45, 2.75) is 149 Å². The lowest BCUT2D eigenvalue weighted by atomic mass is 9.99. The normalized spacial score (nSPS) is 14.5. The maximum atomic E-state index is 12.1. The molecule has 6 nitrogen and oxygen atoms in total. The fraction of sp³-hybridized carbons (Fsp3) is 0.650. The summed E-state index contributed by atoms with van der Waals surface area (Å²) in [5.41, 5.74) is 0. The van der Waals surface area contributed by atoms with Crippen molar-refractivity contribution < 1.29 is 29.3 Å². The molecular formula is C40H66O6. The summed E-state index contributed by atoms with van der Waals surface area (Å²) < 4.78 is 10.4. The molecule has 0 aliphatic heterocycles. The van der Waals surface area contributed by atoms with Crippen LogP contribution in [0.1, 0.15) is 136 Å². The molecular weight excluding hydrogens is 576 g/mol. The van der Waals surface area contributed by atoms with Gasteiger partial charge in [0.1, 0.15) is 6.61 Å². The number of ether oxygens (including phenoxy) is 2. The van der Waals surface area contributed by atoms with Crippen molar-refractivity contribution in [3.8, 4) is 0 Å². The summed E-state index contributed by atoms with van der Waals surface area (Å²) in [6.45, 7) is 6.12. The van der Waals surface area contributed by atoms with E-state index in [1.165, 1.54) is 44.9 Å². The monoisotopic (exact) mass is 642 g/mol. The summed E-state index contributed by atoms with van der Waals surface area (Å²) in [5.74, 6) is -0.0415. The van der Waals surface area contributed by atoms with E-state index in [1.807, 2.05) is 12.2 Å². The average molecular weight is 643 g/mol. The van der Waals surface area contributed by atoms with Crippen molar-refractivity contribution in [2.24, 2.45) is 5.92 Å². The van der Waals surface area contributed by atoms with Crippen LogP contribution >= 0.6 is 0 Å². The summed E-state index contributed by atoms with van der Waals surface area (Å²) in [6, 6.07) is 0. The number of aliphatic hydroxyl groups excluding tert-OH is 2. The standard InChI is InChI=1S/C40H66O6/c1-4-6-7-8-9-10-11-12-13-14-15-16-17-21-24-27-30-37(42)32-33-40(44)46-38(34-41)35-45-39(43)31-28-25-22-19-18-20-23-26-29-36(3)5-2/h6-7,9-10,12-13,15-16,21,24,27,30,36-38,41-42H,4-5,8,11,14,17-20,22-23,25-26,28-29,31-35H2,1-3H3/b7-6-,10-9-,13-12-,16-15-,24-21-,30-27-/t36?,37?,38-/m0/s1. The number of carbonyl (C=O) groups is 2. The summed E-state index contributed by atoms with van der Waals surface area (Å²) in [7, 11) is 0. The maximum Gasteiger partial charge on any atom is 0.306 e. The topological polar surface area (TPSA) is 93.1 Å². The third-order valence-electron chi connectivity index (χ3n) is 7.67. The van der Waals surface area contributed by atoms with E-state index in [4.69, 9.17) is 9.47 Å². The molecule has 0 aromatic carbocycles. The quantitative estimate of drug-likeness (QED) is 0.0351. The predicted octanol–water partition coefficient (Wildman–Crippen LogP) is 9.83. The Kier molecular flexibility index (Phi) is 31.7. The molecule has 46 heavy (non-hydrogen) atoms. The third-order valence-corrected chi connectivity index (χ3v) is 7.67. The van der Waals surface area contributed by atoms with E-state index in [2.05, 4.69) is 69.4 Å². The molecule has 2 N–H and O–H groups in total.